The fourth-order valence-electron chi connectivity index (χ4n) is 3.89. The number of carbonyl (C=O) groups excluding carboxylic acids is 1. The minimum atomic E-state index is -0.641. The number of carbonyl (C=O) groups is 1. The predicted molar refractivity (Wildman–Crippen MR) is 113 cm³/mol. The van der Waals surface area contributed by atoms with Crippen LogP contribution in [0.1, 0.15) is 21.5 Å². The molecule has 0 aliphatic carbocycles. The maximum Gasteiger partial charge on any atom is 0.253 e. The third-order valence-electron chi connectivity index (χ3n) is 5.59. The smallest absolute Gasteiger partial charge is 0.253 e. The fourth-order valence-corrected chi connectivity index (χ4v) is 3.89. The molecule has 5 N–H and O–H groups in total. The molecule has 9 nitrogen and oxygen atoms in total. The second kappa shape index (κ2) is 6.93. The Kier molecular flexibility index (Phi) is 4.54. The summed E-state index contributed by atoms with van der Waals surface area (Å²) in [7, 11) is 2.08. The maximum absolute atomic E-state index is 12.1. The highest BCUT2D eigenvalue weighted by Crippen LogP contribution is 2.35. The summed E-state index contributed by atoms with van der Waals surface area (Å²) in [5.74, 6) is 0.267. The number of likely N-dealkylation sites (N-methyl/N-ethyl adjacent to an activating group) is 1. The van der Waals surface area contributed by atoms with Crippen molar-refractivity contribution < 1.29 is 9.90 Å². The number of phenols is 1. The summed E-state index contributed by atoms with van der Waals surface area (Å²) in [6.07, 6.45) is 1.61. The quantitative estimate of drug-likeness (QED) is 0.608. The van der Waals surface area contributed by atoms with E-state index in [0.29, 0.717) is 28.2 Å². The van der Waals surface area contributed by atoms with Gasteiger partial charge in [-0.15, -0.1) is 0 Å². The summed E-state index contributed by atoms with van der Waals surface area (Å²) in [5, 5.41) is 10.8. The summed E-state index contributed by atoms with van der Waals surface area (Å²) in [6, 6.07) is 3.44. The number of fused-ring (bicyclic) bond motifs is 1. The van der Waals surface area contributed by atoms with E-state index in [1.807, 2.05) is 6.92 Å². The number of amides is 1. The normalized spacial score (nSPS) is 15.2. The van der Waals surface area contributed by atoms with E-state index in [2.05, 4.69) is 21.8 Å². The number of benzene rings is 1. The second-order valence-corrected chi connectivity index (χ2v) is 7.53. The molecule has 1 aromatic carbocycles. The molecule has 0 unspecified atom stereocenters. The van der Waals surface area contributed by atoms with Gasteiger partial charge in [0, 0.05) is 37.9 Å². The first-order valence-corrected chi connectivity index (χ1v) is 9.49. The number of hydrogen-bond acceptors (Lipinski definition) is 7. The zero-order valence-corrected chi connectivity index (χ0v) is 16.8. The van der Waals surface area contributed by atoms with Crippen molar-refractivity contribution in [3.63, 3.8) is 0 Å². The molecule has 1 aliphatic rings. The van der Waals surface area contributed by atoms with Crippen LogP contribution in [0.3, 0.4) is 0 Å². The zero-order valence-electron chi connectivity index (χ0n) is 16.8. The Balaban J connectivity index is 1.98. The van der Waals surface area contributed by atoms with E-state index in [4.69, 9.17) is 16.5 Å². The van der Waals surface area contributed by atoms with Crippen molar-refractivity contribution in [2.45, 2.75) is 13.8 Å². The Hall–Kier alpha value is -3.33. The lowest BCUT2D eigenvalue weighted by molar-refractivity contribution is 0.100. The molecule has 3 heterocycles. The number of aromatic nitrogens is 3. The molecule has 1 amide bonds. The van der Waals surface area contributed by atoms with Gasteiger partial charge in [0.25, 0.3) is 5.91 Å². The van der Waals surface area contributed by atoms with Gasteiger partial charge in [-0.1, -0.05) is 6.07 Å². The van der Waals surface area contributed by atoms with E-state index in [1.165, 1.54) is 0 Å². The minimum Gasteiger partial charge on any atom is -0.508 e. The van der Waals surface area contributed by atoms with Crippen molar-refractivity contribution in [3.8, 4) is 11.4 Å². The molecule has 4 rings (SSSR count). The SMILES string of the molecule is Cc1ccc(O)c(C)c1-n1c(N)c(C(N)=O)c2cnc(N3CCN(C)CC3)nc21. The van der Waals surface area contributed by atoms with Crippen LogP contribution in [0, 0.1) is 13.8 Å². The Bertz CT molecular complexity index is 1110. The van der Waals surface area contributed by atoms with Gasteiger partial charge < -0.3 is 26.4 Å². The lowest BCUT2D eigenvalue weighted by Gasteiger charge is -2.32. The number of aromatic hydroxyl groups is 1. The summed E-state index contributed by atoms with van der Waals surface area (Å²) in [6.45, 7) is 7.18. The Morgan fingerprint density at radius 2 is 1.86 bits per heavy atom. The molecule has 1 fully saturated rings. The van der Waals surface area contributed by atoms with E-state index >= 15 is 0 Å². The summed E-state index contributed by atoms with van der Waals surface area (Å²) < 4.78 is 1.70. The molecule has 0 saturated carbocycles. The number of piperazine rings is 1. The number of hydrogen-bond donors (Lipinski definition) is 3. The van der Waals surface area contributed by atoms with Crippen LogP contribution >= 0.6 is 0 Å². The van der Waals surface area contributed by atoms with Gasteiger partial charge in [-0.2, -0.15) is 4.98 Å². The molecule has 29 heavy (non-hydrogen) atoms. The first-order valence-electron chi connectivity index (χ1n) is 9.49. The van der Waals surface area contributed by atoms with Crippen LogP contribution in [0.4, 0.5) is 11.8 Å². The Morgan fingerprint density at radius 1 is 1.17 bits per heavy atom. The van der Waals surface area contributed by atoms with Gasteiger partial charge in [0.05, 0.1) is 16.6 Å². The Labute approximate surface area is 168 Å². The van der Waals surface area contributed by atoms with Crippen LogP contribution in [0.2, 0.25) is 0 Å². The summed E-state index contributed by atoms with van der Waals surface area (Å²) in [4.78, 5) is 25.8. The summed E-state index contributed by atoms with van der Waals surface area (Å²) >= 11 is 0. The second-order valence-electron chi connectivity index (χ2n) is 7.53. The standard InChI is InChI=1S/C20H25N7O2/c1-11-4-5-14(28)12(2)16(11)27-17(21)15(18(22)29)13-10-23-20(24-19(13)27)26-8-6-25(3)7-9-26/h4-5,10,28H,6-9,21H2,1-3H3,(H2,22,29). The minimum absolute atomic E-state index is 0.140. The van der Waals surface area contributed by atoms with Crippen LogP contribution in [0.15, 0.2) is 18.3 Å². The Morgan fingerprint density at radius 3 is 2.52 bits per heavy atom. The van der Waals surface area contributed by atoms with Gasteiger partial charge >= 0.3 is 0 Å². The fraction of sp³-hybridized carbons (Fsp3) is 0.350. The lowest BCUT2D eigenvalue weighted by Crippen LogP contribution is -2.45. The predicted octanol–water partition coefficient (Wildman–Crippen LogP) is 1.18. The number of nitrogens with two attached hydrogens (primary N) is 2. The zero-order chi connectivity index (χ0) is 20.9. The van der Waals surface area contributed by atoms with Gasteiger partial charge in [-0.25, -0.2) is 4.98 Å². The first kappa shape index (κ1) is 19.0. The molecular formula is C20H25N7O2. The maximum atomic E-state index is 12.1. The molecule has 0 atom stereocenters. The number of anilines is 2. The van der Waals surface area contributed by atoms with Gasteiger partial charge in [-0.05, 0) is 32.5 Å². The van der Waals surface area contributed by atoms with Crippen LogP contribution < -0.4 is 16.4 Å². The van der Waals surface area contributed by atoms with Crippen LogP contribution in [0.25, 0.3) is 16.7 Å². The number of rotatable bonds is 3. The molecule has 3 aromatic rings. The number of phenolic OH excluding ortho intramolecular Hbond substituents is 1. The van der Waals surface area contributed by atoms with Crippen LogP contribution in [-0.2, 0) is 0 Å². The van der Waals surface area contributed by atoms with Crippen molar-refractivity contribution >= 4 is 28.7 Å². The average molecular weight is 395 g/mol. The van der Waals surface area contributed by atoms with Crippen LogP contribution in [-0.4, -0.2) is 63.7 Å². The van der Waals surface area contributed by atoms with E-state index in [1.54, 1.807) is 29.8 Å². The third-order valence-corrected chi connectivity index (χ3v) is 5.59. The molecule has 152 valence electrons. The van der Waals surface area contributed by atoms with Gasteiger partial charge in [0.2, 0.25) is 5.95 Å². The molecule has 0 spiro atoms. The number of nitrogen functional groups attached to an aromatic ring is 1. The molecule has 0 bridgehead atoms. The highest BCUT2D eigenvalue weighted by atomic mass is 16.3. The van der Waals surface area contributed by atoms with Crippen molar-refractivity contribution in [1.29, 1.82) is 0 Å². The largest absolute Gasteiger partial charge is 0.508 e. The van der Waals surface area contributed by atoms with E-state index in [0.717, 1.165) is 31.7 Å². The van der Waals surface area contributed by atoms with Crippen molar-refractivity contribution in [2.24, 2.45) is 5.73 Å². The first-order chi connectivity index (χ1) is 13.8. The van der Waals surface area contributed by atoms with Gasteiger partial charge in [0.15, 0.2) is 5.65 Å². The van der Waals surface area contributed by atoms with E-state index in [9.17, 15) is 9.90 Å². The lowest BCUT2D eigenvalue weighted by atomic mass is 10.1. The number of nitrogens with zero attached hydrogens (tertiary/aromatic N) is 5. The monoisotopic (exact) mass is 395 g/mol. The highest BCUT2D eigenvalue weighted by Gasteiger charge is 2.25. The van der Waals surface area contributed by atoms with Gasteiger partial charge in [0.1, 0.15) is 11.6 Å². The molecule has 0 radical (unpaired) electrons. The molecule has 1 saturated heterocycles. The summed E-state index contributed by atoms with van der Waals surface area (Å²) in [5.41, 5.74) is 14.9. The highest BCUT2D eigenvalue weighted by molar-refractivity contribution is 6.11. The van der Waals surface area contributed by atoms with Crippen molar-refractivity contribution in [2.75, 3.05) is 43.9 Å². The topological polar surface area (TPSA) is 127 Å². The van der Waals surface area contributed by atoms with Crippen molar-refractivity contribution in [3.05, 3.63) is 35.0 Å². The average Bonchev–Trinajstić information content (AvgIpc) is 2.97. The van der Waals surface area contributed by atoms with Crippen molar-refractivity contribution in [1.82, 2.24) is 19.4 Å². The number of aryl methyl sites for hydroxylation is 1. The molecule has 1 aliphatic heterocycles. The van der Waals surface area contributed by atoms with Gasteiger partial charge in [-0.3, -0.25) is 9.36 Å². The third kappa shape index (κ3) is 3.03. The van der Waals surface area contributed by atoms with E-state index < -0.39 is 5.91 Å². The van der Waals surface area contributed by atoms with E-state index in [-0.39, 0.29) is 17.1 Å². The molecule has 2 aromatic heterocycles. The molecule has 9 heteroatoms. The van der Waals surface area contributed by atoms with Crippen LogP contribution in [0.5, 0.6) is 5.75 Å². The molecular weight excluding hydrogens is 370 g/mol. The number of primary amides is 1.